The van der Waals surface area contributed by atoms with Crippen LogP contribution in [0.1, 0.15) is 79.1 Å². The van der Waals surface area contributed by atoms with Gasteiger partial charge in [-0.1, -0.05) is 26.7 Å². The third kappa shape index (κ3) is 21.4. The van der Waals surface area contributed by atoms with Crippen molar-refractivity contribution in [2.24, 2.45) is 0 Å². The molecule has 0 aromatic rings. The molecular weight excluding hydrogens is 398 g/mol. The Balaban J connectivity index is 0. The molecule has 5 nitrogen and oxygen atoms in total. The van der Waals surface area contributed by atoms with Gasteiger partial charge < -0.3 is 13.9 Å². The van der Waals surface area contributed by atoms with Crippen molar-refractivity contribution in [1.29, 1.82) is 0 Å². The van der Waals surface area contributed by atoms with Crippen LogP contribution in [-0.2, 0) is 20.9 Å². The van der Waals surface area contributed by atoms with E-state index in [2.05, 4.69) is 26.1 Å². The predicted molar refractivity (Wildman–Crippen MR) is 118 cm³/mol. The molecule has 0 spiro atoms. The van der Waals surface area contributed by atoms with Gasteiger partial charge in [-0.25, -0.2) is 0 Å². The molecule has 156 valence electrons. The van der Waals surface area contributed by atoms with E-state index in [1.165, 1.54) is 0 Å². The van der Waals surface area contributed by atoms with Gasteiger partial charge in [-0.15, -0.1) is 0 Å². The molecule has 0 saturated heterocycles. The second-order valence-corrected chi connectivity index (χ2v) is 15.5. The maximum absolute atomic E-state index is 9.79. The molecule has 25 heavy (non-hydrogen) atoms. The summed E-state index contributed by atoms with van der Waals surface area (Å²) in [5.74, 6) is 0. The summed E-state index contributed by atoms with van der Waals surface area (Å²) in [5.41, 5.74) is 0. The van der Waals surface area contributed by atoms with Crippen LogP contribution in [0.3, 0.4) is 0 Å². The quantitative estimate of drug-likeness (QED) is 0.160. The Morgan fingerprint density at radius 2 is 1.12 bits per heavy atom. The van der Waals surface area contributed by atoms with Gasteiger partial charge in [0, 0.05) is 0 Å². The Labute approximate surface area is 165 Å². The van der Waals surface area contributed by atoms with Crippen LogP contribution in [0.2, 0.25) is 0 Å². The van der Waals surface area contributed by atoms with Crippen molar-refractivity contribution >= 4 is 37.0 Å². The first kappa shape index (κ1) is 28.4. The Morgan fingerprint density at radius 3 is 1.40 bits per heavy atom. The van der Waals surface area contributed by atoms with E-state index in [1.54, 1.807) is 0 Å². The number of hydrogen-bond donors (Lipinski definition) is 4. The van der Waals surface area contributed by atoms with E-state index in [-0.39, 0.29) is 0 Å². The van der Waals surface area contributed by atoms with Crippen LogP contribution < -0.4 is 0 Å². The summed E-state index contributed by atoms with van der Waals surface area (Å²) >= 11 is 8.85. The van der Waals surface area contributed by atoms with Crippen molar-refractivity contribution in [3.63, 3.8) is 0 Å². The van der Waals surface area contributed by atoms with Crippen LogP contribution >= 0.6 is 25.2 Å². The van der Waals surface area contributed by atoms with Gasteiger partial charge in [0.2, 0.25) is 0 Å². The molecule has 0 atom stereocenters. The summed E-state index contributed by atoms with van der Waals surface area (Å²) in [6.07, 6.45) is 5.04. The molecule has 0 radical (unpaired) electrons. The van der Waals surface area contributed by atoms with Crippen LogP contribution in [0.15, 0.2) is 0 Å². The zero-order chi connectivity index (χ0) is 19.8. The van der Waals surface area contributed by atoms with E-state index in [0.29, 0.717) is 25.5 Å². The zero-order valence-corrected chi connectivity index (χ0v) is 19.9. The SMILES string of the molecule is CCCCOP(O)(=S)OCCCC.CCCCP(O)(O)(S)CCCC. The van der Waals surface area contributed by atoms with Crippen molar-refractivity contribution in [2.75, 3.05) is 25.5 Å². The first-order chi connectivity index (χ1) is 11.5. The molecule has 0 rings (SSSR count). The molecular formula is C16H40O5P2S2. The normalized spacial score (nSPS) is 13.7. The number of rotatable bonds is 14. The average Bonchev–Trinajstić information content (AvgIpc) is 2.52. The second-order valence-electron chi connectivity index (χ2n) is 6.34. The van der Waals surface area contributed by atoms with E-state index in [0.717, 1.165) is 51.4 Å². The monoisotopic (exact) mass is 438 g/mol. The summed E-state index contributed by atoms with van der Waals surface area (Å²) in [7, 11) is 0. The standard InChI is InChI=1S/C8H19O3PS.C8H21O2PS/c1-3-5-7-10-12(9,13)11-8-6-4-2;1-3-5-7-11(9,10,12)8-6-4-2/h3-8H2,1-2H3,(H,9,13);9-10,12H,3-8H2,1-2H3. The molecule has 3 N–H and O–H groups in total. The molecule has 0 aliphatic carbocycles. The number of thiol groups is 1. The molecule has 0 bridgehead atoms. The topological polar surface area (TPSA) is 79.2 Å². The Kier molecular flexibility index (Phi) is 17.3. The molecule has 0 saturated carbocycles. The predicted octanol–water partition coefficient (Wildman–Crippen LogP) is 5.64. The summed E-state index contributed by atoms with van der Waals surface area (Å²) < 4.78 is 10.2. The van der Waals surface area contributed by atoms with Gasteiger partial charge in [0.25, 0.3) is 0 Å². The van der Waals surface area contributed by atoms with Crippen molar-refractivity contribution in [2.45, 2.75) is 79.1 Å². The van der Waals surface area contributed by atoms with Gasteiger partial charge in [-0.3, -0.25) is 0 Å². The van der Waals surface area contributed by atoms with Crippen LogP contribution in [0, 0.1) is 0 Å². The summed E-state index contributed by atoms with van der Waals surface area (Å²) in [4.78, 5) is 29.0. The fourth-order valence-electron chi connectivity index (χ4n) is 1.76. The Morgan fingerprint density at radius 1 is 0.800 bits per heavy atom. The molecule has 0 aromatic carbocycles. The zero-order valence-electron chi connectivity index (χ0n) is 16.4. The first-order valence-electron chi connectivity index (χ1n) is 9.39. The van der Waals surface area contributed by atoms with E-state index >= 15 is 0 Å². The van der Waals surface area contributed by atoms with Crippen LogP contribution in [0.5, 0.6) is 0 Å². The van der Waals surface area contributed by atoms with Crippen LogP contribution in [0.25, 0.3) is 0 Å². The molecule has 0 heterocycles. The molecule has 9 heteroatoms. The van der Waals surface area contributed by atoms with Crippen molar-refractivity contribution in [3.05, 3.63) is 0 Å². The van der Waals surface area contributed by atoms with Gasteiger partial charge in [-0.05, 0) is 24.6 Å². The van der Waals surface area contributed by atoms with Gasteiger partial charge in [0.15, 0.2) is 0 Å². The van der Waals surface area contributed by atoms with Gasteiger partial charge in [-0.2, -0.15) is 0 Å². The van der Waals surface area contributed by atoms with Crippen LogP contribution in [-0.4, -0.2) is 40.2 Å². The third-order valence-corrected chi connectivity index (χ3v) is 8.76. The summed E-state index contributed by atoms with van der Waals surface area (Å²) in [6, 6.07) is 0. The first-order valence-corrected chi connectivity index (χ1v) is 15.6. The minimum atomic E-state index is -3.51. The fraction of sp³-hybridized carbons (Fsp3) is 1.00. The summed E-state index contributed by atoms with van der Waals surface area (Å²) in [5, 5.41) is 0. The minimum absolute atomic E-state index is 0.477. The molecule has 0 fully saturated rings. The second kappa shape index (κ2) is 15.2. The average molecular weight is 439 g/mol. The van der Waals surface area contributed by atoms with Crippen molar-refractivity contribution < 1.29 is 23.7 Å². The van der Waals surface area contributed by atoms with Crippen molar-refractivity contribution in [1.82, 2.24) is 0 Å². The van der Waals surface area contributed by atoms with E-state index in [4.69, 9.17) is 20.9 Å². The molecule has 0 unspecified atom stereocenters. The van der Waals surface area contributed by atoms with Gasteiger partial charge >= 0.3 is 86.9 Å². The number of hydrogen-bond acceptors (Lipinski definition) is 6. The summed E-state index contributed by atoms with van der Waals surface area (Å²) in [6.45, 7) is 6.27. The van der Waals surface area contributed by atoms with E-state index in [9.17, 15) is 14.7 Å². The fourth-order valence-corrected chi connectivity index (χ4v) is 6.00. The number of unbranched alkanes of at least 4 members (excludes halogenated alkanes) is 4. The van der Waals surface area contributed by atoms with Gasteiger partial charge in [0.1, 0.15) is 0 Å². The maximum atomic E-state index is 9.79. The van der Waals surface area contributed by atoms with E-state index in [1.807, 2.05) is 13.8 Å². The molecule has 0 aliphatic heterocycles. The molecule has 0 amide bonds. The molecule has 0 aromatic heterocycles. The third-order valence-electron chi connectivity index (χ3n) is 3.44. The van der Waals surface area contributed by atoms with Crippen molar-refractivity contribution in [3.8, 4) is 0 Å². The van der Waals surface area contributed by atoms with Gasteiger partial charge in [0.05, 0.1) is 13.2 Å². The van der Waals surface area contributed by atoms with Crippen LogP contribution in [0.4, 0.5) is 0 Å². The molecule has 0 aliphatic rings. The van der Waals surface area contributed by atoms with E-state index < -0.39 is 13.0 Å². The Bertz CT molecular complexity index is 336. The Hall–Kier alpha value is 1.23.